The van der Waals surface area contributed by atoms with Gasteiger partial charge in [-0.15, -0.1) is 0 Å². The largest absolute Gasteiger partial charge is 0.345 e. The number of hydrogen-bond acceptors (Lipinski definition) is 3. The average molecular weight is 253 g/mol. The Balaban J connectivity index is 2.24. The van der Waals surface area contributed by atoms with E-state index in [9.17, 15) is 4.79 Å². The van der Waals surface area contributed by atoms with Crippen LogP contribution < -0.4 is 5.32 Å². The number of nitrogens with one attached hydrogen (secondary N) is 1. The van der Waals surface area contributed by atoms with Crippen molar-refractivity contribution in [2.45, 2.75) is 6.04 Å². The van der Waals surface area contributed by atoms with Crippen LogP contribution in [-0.4, -0.2) is 41.1 Å². The minimum Gasteiger partial charge on any atom is -0.345 e. The summed E-state index contributed by atoms with van der Waals surface area (Å²) in [5.74, 6) is -0.146. The summed E-state index contributed by atoms with van der Waals surface area (Å²) in [5, 5.41) is 12.6. The van der Waals surface area contributed by atoms with Gasteiger partial charge in [-0.2, -0.15) is 5.26 Å². The quantitative estimate of drug-likeness (QED) is 0.797. The minimum atomic E-state index is -0.412. The summed E-state index contributed by atoms with van der Waals surface area (Å²) in [7, 11) is 1.77. The van der Waals surface area contributed by atoms with Crippen LogP contribution in [0.1, 0.15) is 10.5 Å². The van der Waals surface area contributed by atoms with Gasteiger partial charge in [-0.1, -0.05) is 11.6 Å². The molecule has 1 aliphatic heterocycles. The standard InChI is InChI=1S/C11H13ClN4O/c1-15-7-8(12)4-10(15)11(17)16-3-2-14-6-9(16)5-13/h4,7,9,14H,2-3,6H2,1H3. The van der Waals surface area contributed by atoms with Crippen molar-refractivity contribution in [1.82, 2.24) is 14.8 Å². The molecule has 1 amide bonds. The fourth-order valence-electron chi connectivity index (χ4n) is 1.95. The minimum absolute atomic E-state index is 0.146. The van der Waals surface area contributed by atoms with E-state index < -0.39 is 6.04 Å². The van der Waals surface area contributed by atoms with Crippen LogP contribution in [0.2, 0.25) is 5.02 Å². The third kappa shape index (κ3) is 2.28. The topological polar surface area (TPSA) is 61.1 Å². The van der Waals surface area contributed by atoms with Crippen molar-refractivity contribution in [2.75, 3.05) is 19.6 Å². The van der Waals surface area contributed by atoms with Crippen molar-refractivity contribution in [3.8, 4) is 6.07 Å². The van der Waals surface area contributed by atoms with Gasteiger partial charge in [0.15, 0.2) is 0 Å². The average Bonchev–Trinajstić information content (AvgIpc) is 2.67. The highest BCUT2D eigenvalue weighted by atomic mass is 35.5. The molecule has 1 aromatic rings. The summed E-state index contributed by atoms with van der Waals surface area (Å²) in [5.41, 5.74) is 0.511. The van der Waals surface area contributed by atoms with E-state index in [2.05, 4.69) is 11.4 Å². The van der Waals surface area contributed by atoms with Crippen LogP contribution in [0.5, 0.6) is 0 Å². The molecule has 0 aromatic carbocycles. The van der Waals surface area contributed by atoms with Crippen LogP contribution in [-0.2, 0) is 7.05 Å². The Hall–Kier alpha value is -1.51. The number of hydrogen-bond donors (Lipinski definition) is 1. The predicted molar refractivity (Wildman–Crippen MR) is 63.7 cm³/mol. The number of amides is 1. The number of halogens is 1. The molecule has 17 heavy (non-hydrogen) atoms. The first kappa shape index (κ1) is 12.0. The predicted octanol–water partition coefficient (Wildman–Crippen LogP) is 0.616. The van der Waals surface area contributed by atoms with Gasteiger partial charge in [0, 0.05) is 32.9 Å². The molecule has 1 unspecified atom stereocenters. The lowest BCUT2D eigenvalue weighted by Crippen LogP contribution is -2.53. The zero-order valence-electron chi connectivity index (χ0n) is 9.48. The van der Waals surface area contributed by atoms with Gasteiger partial charge in [0.2, 0.25) is 0 Å². The molecule has 0 aliphatic carbocycles. The summed E-state index contributed by atoms with van der Waals surface area (Å²) >= 11 is 5.85. The van der Waals surface area contributed by atoms with Crippen LogP contribution >= 0.6 is 11.6 Å². The van der Waals surface area contributed by atoms with E-state index in [0.717, 1.165) is 0 Å². The molecule has 6 heteroatoms. The van der Waals surface area contributed by atoms with Gasteiger partial charge < -0.3 is 14.8 Å². The number of rotatable bonds is 1. The summed E-state index contributed by atoms with van der Waals surface area (Å²) in [6, 6.07) is 3.34. The van der Waals surface area contributed by atoms with Gasteiger partial charge in [-0.3, -0.25) is 4.79 Å². The molecule has 5 nitrogen and oxygen atoms in total. The van der Waals surface area contributed by atoms with Gasteiger partial charge in [0.05, 0.1) is 11.1 Å². The number of aryl methyl sites for hydroxylation is 1. The number of piperazine rings is 1. The maximum absolute atomic E-state index is 12.3. The first-order valence-corrected chi connectivity index (χ1v) is 5.74. The van der Waals surface area contributed by atoms with Crippen molar-refractivity contribution < 1.29 is 4.79 Å². The second-order valence-electron chi connectivity index (χ2n) is 4.00. The fourth-order valence-corrected chi connectivity index (χ4v) is 2.20. The smallest absolute Gasteiger partial charge is 0.271 e. The zero-order valence-corrected chi connectivity index (χ0v) is 10.2. The maximum atomic E-state index is 12.3. The first-order chi connectivity index (χ1) is 8.13. The Morgan fingerprint density at radius 2 is 2.47 bits per heavy atom. The zero-order chi connectivity index (χ0) is 12.4. The van der Waals surface area contributed by atoms with Gasteiger partial charge in [0.25, 0.3) is 5.91 Å². The SMILES string of the molecule is Cn1cc(Cl)cc1C(=O)N1CCNCC1C#N. The lowest BCUT2D eigenvalue weighted by molar-refractivity contribution is 0.0677. The highest BCUT2D eigenvalue weighted by Crippen LogP contribution is 2.16. The normalized spacial score (nSPS) is 20.1. The molecule has 1 aliphatic rings. The lowest BCUT2D eigenvalue weighted by atomic mass is 10.2. The molecule has 0 saturated carbocycles. The Labute approximate surface area is 105 Å². The van der Waals surface area contributed by atoms with Crippen LogP contribution in [0.25, 0.3) is 0 Å². The lowest BCUT2D eigenvalue weighted by Gasteiger charge is -2.31. The Bertz CT molecular complexity index is 476. The molecule has 1 atom stereocenters. The van der Waals surface area contributed by atoms with E-state index in [-0.39, 0.29) is 5.91 Å². The molecule has 1 aromatic heterocycles. The van der Waals surface area contributed by atoms with E-state index >= 15 is 0 Å². The molecule has 2 heterocycles. The van der Waals surface area contributed by atoms with E-state index in [4.69, 9.17) is 16.9 Å². The first-order valence-electron chi connectivity index (χ1n) is 5.36. The van der Waals surface area contributed by atoms with Crippen molar-refractivity contribution in [3.05, 3.63) is 23.0 Å². The number of aromatic nitrogens is 1. The van der Waals surface area contributed by atoms with Gasteiger partial charge in [-0.25, -0.2) is 0 Å². The van der Waals surface area contributed by atoms with E-state index in [0.29, 0.717) is 30.4 Å². The molecule has 1 N–H and O–H groups in total. The Morgan fingerprint density at radius 3 is 3.06 bits per heavy atom. The van der Waals surface area contributed by atoms with Crippen LogP contribution in [0.4, 0.5) is 0 Å². The third-order valence-corrected chi connectivity index (χ3v) is 3.05. The molecule has 90 valence electrons. The van der Waals surface area contributed by atoms with Crippen LogP contribution in [0.15, 0.2) is 12.3 Å². The molecular weight excluding hydrogens is 240 g/mol. The highest BCUT2D eigenvalue weighted by molar-refractivity contribution is 6.31. The van der Waals surface area contributed by atoms with Gasteiger partial charge >= 0.3 is 0 Å². The molecule has 0 radical (unpaired) electrons. The number of carbonyl (C=O) groups excluding carboxylic acids is 1. The molecule has 1 saturated heterocycles. The number of nitrogens with zero attached hydrogens (tertiary/aromatic N) is 3. The van der Waals surface area contributed by atoms with E-state index in [1.807, 2.05) is 0 Å². The maximum Gasteiger partial charge on any atom is 0.271 e. The molecule has 0 spiro atoms. The summed E-state index contributed by atoms with van der Waals surface area (Å²) in [6.45, 7) is 1.77. The number of nitriles is 1. The van der Waals surface area contributed by atoms with E-state index in [1.54, 1.807) is 28.8 Å². The third-order valence-electron chi connectivity index (χ3n) is 2.84. The molecule has 0 bridgehead atoms. The van der Waals surface area contributed by atoms with Gasteiger partial charge in [0.1, 0.15) is 11.7 Å². The Kier molecular flexibility index (Phi) is 3.36. The summed E-state index contributed by atoms with van der Waals surface area (Å²) in [6.07, 6.45) is 1.68. The Morgan fingerprint density at radius 1 is 1.71 bits per heavy atom. The van der Waals surface area contributed by atoms with Crippen LogP contribution in [0.3, 0.4) is 0 Å². The van der Waals surface area contributed by atoms with Gasteiger partial charge in [-0.05, 0) is 6.07 Å². The molecule has 2 rings (SSSR count). The summed E-state index contributed by atoms with van der Waals surface area (Å²) < 4.78 is 1.68. The van der Waals surface area contributed by atoms with Crippen molar-refractivity contribution in [2.24, 2.45) is 7.05 Å². The van der Waals surface area contributed by atoms with Crippen molar-refractivity contribution >= 4 is 17.5 Å². The highest BCUT2D eigenvalue weighted by Gasteiger charge is 2.28. The number of carbonyl (C=O) groups is 1. The van der Waals surface area contributed by atoms with E-state index in [1.165, 1.54) is 0 Å². The van der Waals surface area contributed by atoms with Crippen molar-refractivity contribution in [1.29, 1.82) is 5.26 Å². The van der Waals surface area contributed by atoms with Crippen LogP contribution in [0, 0.1) is 11.3 Å². The summed E-state index contributed by atoms with van der Waals surface area (Å²) in [4.78, 5) is 13.9. The molecular formula is C11H13ClN4O. The second kappa shape index (κ2) is 4.78. The molecule has 1 fully saturated rings. The monoisotopic (exact) mass is 252 g/mol. The second-order valence-corrected chi connectivity index (χ2v) is 4.44. The fraction of sp³-hybridized carbons (Fsp3) is 0.455. The van der Waals surface area contributed by atoms with Crippen molar-refractivity contribution in [3.63, 3.8) is 0 Å².